The molecular weight excluding hydrogens is 380 g/mol. The summed E-state index contributed by atoms with van der Waals surface area (Å²) in [7, 11) is 0. The largest absolute Gasteiger partial charge is 0.451 e. The molecule has 2 aromatic heterocycles. The molecular formula is C24H24N2O2S. The number of aryl methyl sites for hydroxylation is 2. The molecule has 148 valence electrons. The van der Waals surface area contributed by atoms with Crippen LogP contribution < -0.4 is 0 Å². The Labute approximate surface area is 174 Å². The molecule has 5 heteroatoms. The Hall–Kier alpha value is -2.66. The number of nitrogens with zero attached hydrogens (tertiary/aromatic N) is 2. The minimum absolute atomic E-state index is 0.0134. The molecule has 0 radical (unpaired) electrons. The van der Waals surface area contributed by atoms with Crippen molar-refractivity contribution in [3.05, 3.63) is 64.4 Å². The predicted octanol–water partition coefficient (Wildman–Crippen LogP) is 5.93. The number of piperidine rings is 1. The molecule has 1 saturated heterocycles. The molecule has 3 heterocycles. The molecule has 0 atom stereocenters. The first-order chi connectivity index (χ1) is 14.1. The van der Waals surface area contributed by atoms with Gasteiger partial charge in [0.1, 0.15) is 5.58 Å². The molecule has 4 nitrogen and oxygen atoms in total. The van der Waals surface area contributed by atoms with Crippen molar-refractivity contribution in [1.82, 2.24) is 9.88 Å². The Morgan fingerprint density at radius 2 is 2.00 bits per heavy atom. The van der Waals surface area contributed by atoms with E-state index >= 15 is 0 Å². The number of furan rings is 1. The van der Waals surface area contributed by atoms with Crippen molar-refractivity contribution in [2.24, 2.45) is 0 Å². The quantitative estimate of drug-likeness (QED) is 0.425. The molecule has 1 fully saturated rings. The highest BCUT2D eigenvalue weighted by molar-refractivity contribution is 7.18. The Kier molecular flexibility index (Phi) is 4.63. The SMILES string of the molecule is CCc1ccc2oc(C(=O)N3CCC(c4nc5ccccc5s4)CC3)c(C)c2c1. The van der Waals surface area contributed by atoms with Crippen molar-refractivity contribution in [2.75, 3.05) is 13.1 Å². The average molecular weight is 405 g/mol. The standard InChI is InChI=1S/C24H24N2O2S/c1-3-16-8-9-20-18(14-16)15(2)22(28-20)24(27)26-12-10-17(11-13-26)23-25-19-6-4-5-7-21(19)29-23/h4-9,14,17H,3,10-13H2,1-2H3. The molecule has 0 N–H and O–H groups in total. The van der Waals surface area contributed by atoms with Gasteiger partial charge in [0.15, 0.2) is 5.76 Å². The van der Waals surface area contributed by atoms with Gasteiger partial charge in [-0.2, -0.15) is 0 Å². The number of thiazole rings is 1. The van der Waals surface area contributed by atoms with Gasteiger partial charge in [0.05, 0.1) is 15.2 Å². The maximum atomic E-state index is 13.1. The highest BCUT2D eigenvalue weighted by atomic mass is 32.1. The number of benzene rings is 2. The van der Waals surface area contributed by atoms with Gasteiger partial charge in [-0.05, 0) is 56.0 Å². The van der Waals surface area contributed by atoms with E-state index in [1.165, 1.54) is 15.3 Å². The third-order valence-electron chi connectivity index (χ3n) is 6.04. The van der Waals surface area contributed by atoms with Crippen LogP contribution in [-0.4, -0.2) is 28.9 Å². The number of carbonyl (C=O) groups is 1. The van der Waals surface area contributed by atoms with E-state index in [1.807, 2.05) is 24.0 Å². The lowest BCUT2D eigenvalue weighted by Crippen LogP contribution is -2.38. The third-order valence-corrected chi connectivity index (χ3v) is 7.24. The molecule has 0 aliphatic carbocycles. The molecule has 1 amide bonds. The Bertz CT molecular complexity index is 1170. The van der Waals surface area contributed by atoms with E-state index in [1.54, 1.807) is 11.3 Å². The van der Waals surface area contributed by atoms with Crippen molar-refractivity contribution in [3.63, 3.8) is 0 Å². The second-order valence-electron chi connectivity index (χ2n) is 7.83. The number of fused-ring (bicyclic) bond motifs is 2. The van der Waals surface area contributed by atoms with Gasteiger partial charge in [0.25, 0.3) is 5.91 Å². The minimum atomic E-state index is 0.0134. The van der Waals surface area contributed by atoms with Crippen LogP contribution in [0.5, 0.6) is 0 Å². The van der Waals surface area contributed by atoms with Gasteiger partial charge in [0, 0.05) is 30.0 Å². The first-order valence-corrected chi connectivity index (χ1v) is 11.1. The van der Waals surface area contributed by atoms with Crippen LogP contribution in [0.4, 0.5) is 0 Å². The maximum Gasteiger partial charge on any atom is 0.289 e. The normalized spacial score (nSPS) is 15.4. The maximum absolute atomic E-state index is 13.1. The van der Waals surface area contributed by atoms with Gasteiger partial charge in [0.2, 0.25) is 0 Å². The van der Waals surface area contributed by atoms with E-state index in [4.69, 9.17) is 9.40 Å². The van der Waals surface area contributed by atoms with Crippen molar-refractivity contribution in [3.8, 4) is 0 Å². The first-order valence-electron chi connectivity index (χ1n) is 10.3. The molecule has 4 aromatic rings. The van der Waals surface area contributed by atoms with Crippen LogP contribution in [0.25, 0.3) is 21.2 Å². The number of rotatable bonds is 3. The minimum Gasteiger partial charge on any atom is -0.451 e. The van der Waals surface area contributed by atoms with Gasteiger partial charge in [-0.15, -0.1) is 11.3 Å². The van der Waals surface area contributed by atoms with Crippen LogP contribution in [0.1, 0.15) is 52.4 Å². The van der Waals surface area contributed by atoms with Gasteiger partial charge >= 0.3 is 0 Å². The lowest BCUT2D eigenvalue weighted by Gasteiger charge is -2.30. The third kappa shape index (κ3) is 3.23. The monoisotopic (exact) mass is 404 g/mol. The van der Waals surface area contributed by atoms with Gasteiger partial charge in [-0.25, -0.2) is 4.98 Å². The van der Waals surface area contributed by atoms with Crippen LogP contribution in [0, 0.1) is 6.92 Å². The number of hydrogen-bond acceptors (Lipinski definition) is 4. The molecule has 1 aliphatic heterocycles. The van der Waals surface area contributed by atoms with Gasteiger partial charge in [-0.3, -0.25) is 4.79 Å². The molecule has 0 spiro atoms. The highest BCUT2D eigenvalue weighted by Gasteiger charge is 2.29. The number of aromatic nitrogens is 1. The van der Waals surface area contributed by atoms with E-state index in [2.05, 4.69) is 37.3 Å². The van der Waals surface area contributed by atoms with Crippen LogP contribution in [0.15, 0.2) is 46.9 Å². The lowest BCUT2D eigenvalue weighted by atomic mass is 9.97. The van der Waals surface area contributed by atoms with Crippen molar-refractivity contribution in [1.29, 1.82) is 0 Å². The molecule has 2 aromatic carbocycles. The second-order valence-corrected chi connectivity index (χ2v) is 8.89. The summed E-state index contributed by atoms with van der Waals surface area (Å²) >= 11 is 1.79. The zero-order valence-electron chi connectivity index (χ0n) is 16.8. The fraction of sp³-hybridized carbons (Fsp3) is 0.333. The van der Waals surface area contributed by atoms with Crippen molar-refractivity contribution < 1.29 is 9.21 Å². The van der Waals surface area contributed by atoms with Crippen molar-refractivity contribution >= 4 is 38.4 Å². The Morgan fingerprint density at radius 3 is 2.76 bits per heavy atom. The number of likely N-dealkylation sites (tertiary alicyclic amines) is 1. The summed E-state index contributed by atoms with van der Waals surface area (Å²) in [6.07, 6.45) is 2.87. The summed E-state index contributed by atoms with van der Waals surface area (Å²) in [5.74, 6) is 0.937. The molecule has 0 unspecified atom stereocenters. The van der Waals surface area contributed by atoms with E-state index in [0.717, 1.165) is 54.4 Å². The zero-order chi connectivity index (χ0) is 20.0. The number of amides is 1. The molecule has 0 saturated carbocycles. The molecule has 29 heavy (non-hydrogen) atoms. The first kappa shape index (κ1) is 18.4. The fourth-order valence-corrected chi connectivity index (χ4v) is 5.37. The van der Waals surface area contributed by atoms with Crippen LogP contribution in [-0.2, 0) is 6.42 Å². The van der Waals surface area contributed by atoms with E-state index in [9.17, 15) is 4.79 Å². The zero-order valence-corrected chi connectivity index (χ0v) is 17.6. The average Bonchev–Trinajstić information content (AvgIpc) is 3.34. The highest BCUT2D eigenvalue weighted by Crippen LogP contribution is 2.35. The number of para-hydroxylation sites is 1. The van der Waals surface area contributed by atoms with Gasteiger partial charge in [-0.1, -0.05) is 25.1 Å². The smallest absolute Gasteiger partial charge is 0.289 e. The van der Waals surface area contributed by atoms with Crippen LogP contribution in [0.2, 0.25) is 0 Å². The van der Waals surface area contributed by atoms with Crippen LogP contribution in [0.3, 0.4) is 0 Å². The topological polar surface area (TPSA) is 46.3 Å². The fourth-order valence-electron chi connectivity index (χ4n) is 4.23. The van der Waals surface area contributed by atoms with E-state index in [0.29, 0.717) is 11.7 Å². The van der Waals surface area contributed by atoms with E-state index in [-0.39, 0.29) is 5.91 Å². The molecule has 0 bridgehead atoms. The van der Waals surface area contributed by atoms with Crippen LogP contribution >= 0.6 is 11.3 Å². The lowest BCUT2D eigenvalue weighted by molar-refractivity contribution is 0.0682. The number of carbonyl (C=O) groups excluding carboxylic acids is 1. The predicted molar refractivity (Wildman–Crippen MR) is 118 cm³/mol. The van der Waals surface area contributed by atoms with Crippen molar-refractivity contribution in [2.45, 2.75) is 39.0 Å². The summed E-state index contributed by atoms with van der Waals surface area (Å²) in [6.45, 7) is 5.62. The Morgan fingerprint density at radius 1 is 1.21 bits per heavy atom. The summed E-state index contributed by atoms with van der Waals surface area (Å²) in [5.41, 5.74) is 4.09. The number of hydrogen-bond donors (Lipinski definition) is 0. The summed E-state index contributed by atoms with van der Waals surface area (Å²) in [6, 6.07) is 14.5. The molecule has 1 aliphatic rings. The Balaban J connectivity index is 1.33. The van der Waals surface area contributed by atoms with Gasteiger partial charge < -0.3 is 9.32 Å². The summed E-state index contributed by atoms with van der Waals surface area (Å²) < 4.78 is 7.20. The second kappa shape index (κ2) is 7.30. The van der Waals surface area contributed by atoms with E-state index < -0.39 is 0 Å². The summed E-state index contributed by atoms with van der Waals surface area (Å²) in [4.78, 5) is 19.9. The molecule has 5 rings (SSSR count). The summed E-state index contributed by atoms with van der Waals surface area (Å²) in [5, 5.41) is 2.25.